The average Bonchev–Trinajstić information content (AvgIpc) is 3.15. The van der Waals surface area contributed by atoms with Gasteiger partial charge in [0.15, 0.2) is 0 Å². The number of carbonyl (C=O) groups is 1. The third-order valence-corrected chi connectivity index (χ3v) is 3.52. The number of nitrogens with zero attached hydrogens (tertiary/aromatic N) is 1. The van der Waals surface area contributed by atoms with E-state index in [1.807, 2.05) is 0 Å². The van der Waals surface area contributed by atoms with Crippen molar-refractivity contribution in [3.05, 3.63) is 23.8 Å². The fourth-order valence-electron chi connectivity index (χ4n) is 2.21. The third kappa shape index (κ3) is 3.40. The molecule has 0 radical (unpaired) electrons. The normalized spacial score (nSPS) is 14.7. The molecule has 0 atom stereocenters. The predicted octanol–water partition coefficient (Wildman–Crippen LogP) is 2.98. The van der Waals surface area contributed by atoms with E-state index >= 15 is 0 Å². The number of nitrogen functional groups attached to an aromatic ring is 1. The van der Waals surface area contributed by atoms with Crippen molar-refractivity contribution in [1.29, 1.82) is 0 Å². The number of benzene rings is 1. The highest BCUT2D eigenvalue weighted by molar-refractivity contribution is 5.90. The van der Waals surface area contributed by atoms with Gasteiger partial charge in [-0.3, -0.25) is 0 Å². The van der Waals surface area contributed by atoms with Crippen LogP contribution in [0.25, 0.3) is 0 Å². The minimum atomic E-state index is -0.902. The maximum Gasteiger partial charge on any atom is 0.335 e. The fourth-order valence-corrected chi connectivity index (χ4v) is 2.21. The number of hydrogen-bond donors (Lipinski definition) is 2. The summed E-state index contributed by atoms with van der Waals surface area (Å²) in [7, 11) is 0. The first kappa shape index (κ1) is 13.7. The van der Waals surface area contributed by atoms with Crippen molar-refractivity contribution in [1.82, 2.24) is 0 Å². The number of nitrogens with two attached hydrogens (primary N) is 1. The highest BCUT2D eigenvalue weighted by Crippen LogP contribution is 2.35. The van der Waals surface area contributed by atoms with E-state index in [-0.39, 0.29) is 0 Å². The van der Waals surface area contributed by atoms with E-state index in [9.17, 15) is 4.79 Å². The lowest BCUT2D eigenvalue weighted by molar-refractivity contribution is 0.0697. The van der Waals surface area contributed by atoms with Crippen molar-refractivity contribution in [2.45, 2.75) is 39.2 Å². The van der Waals surface area contributed by atoms with Crippen LogP contribution in [0.4, 0.5) is 11.4 Å². The zero-order valence-electron chi connectivity index (χ0n) is 11.6. The molecule has 19 heavy (non-hydrogen) atoms. The molecule has 104 valence electrons. The summed E-state index contributed by atoms with van der Waals surface area (Å²) in [5.41, 5.74) is 7.88. The van der Waals surface area contributed by atoms with Crippen molar-refractivity contribution in [3.8, 4) is 0 Å². The molecule has 2 rings (SSSR count). The molecule has 4 nitrogen and oxygen atoms in total. The van der Waals surface area contributed by atoms with E-state index in [0.717, 1.165) is 18.7 Å². The van der Waals surface area contributed by atoms with E-state index in [4.69, 9.17) is 10.8 Å². The highest BCUT2D eigenvalue weighted by atomic mass is 16.4. The Kier molecular flexibility index (Phi) is 3.98. The first-order valence-corrected chi connectivity index (χ1v) is 6.88. The van der Waals surface area contributed by atoms with Gasteiger partial charge in [0.2, 0.25) is 0 Å². The molecular weight excluding hydrogens is 240 g/mol. The quantitative estimate of drug-likeness (QED) is 0.773. The molecule has 3 N–H and O–H groups in total. The van der Waals surface area contributed by atoms with Gasteiger partial charge in [-0.25, -0.2) is 4.79 Å². The molecule has 0 aromatic heterocycles. The molecule has 1 aromatic carbocycles. The Hall–Kier alpha value is -1.71. The fraction of sp³-hybridized carbons (Fsp3) is 0.533. The molecule has 0 unspecified atom stereocenters. The summed E-state index contributed by atoms with van der Waals surface area (Å²) in [6.45, 7) is 5.33. The van der Waals surface area contributed by atoms with Gasteiger partial charge < -0.3 is 15.7 Å². The van der Waals surface area contributed by atoms with Crippen molar-refractivity contribution in [2.24, 2.45) is 5.92 Å². The van der Waals surface area contributed by atoms with E-state index in [1.165, 1.54) is 12.8 Å². The molecule has 0 spiro atoms. The Morgan fingerprint density at radius 1 is 1.47 bits per heavy atom. The summed E-state index contributed by atoms with van der Waals surface area (Å²) in [5, 5.41) is 9.09. The molecule has 0 aliphatic heterocycles. The molecule has 4 heteroatoms. The Balaban J connectivity index is 2.24. The Morgan fingerprint density at radius 2 is 2.16 bits per heavy atom. The van der Waals surface area contributed by atoms with Crippen LogP contribution < -0.4 is 10.6 Å². The smallest absolute Gasteiger partial charge is 0.335 e. The van der Waals surface area contributed by atoms with Crippen LogP contribution in [0.1, 0.15) is 43.5 Å². The van der Waals surface area contributed by atoms with Crippen LogP contribution in [-0.4, -0.2) is 23.7 Å². The van der Waals surface area contributed by atoms with Gasteiger partial charge in [-0.1, -0.05) is 13.8 Å². The largest absolute Gasteiger partial charge is 0.478 e. The molecular formula is C15H22N2O2. The molecule has 0 heterocycles. The second-order valence-electron chi connectivity index (χ2n) is 5.69. The maximum absolute atomic E-state index is 11.1. The number of hydrogen-bond acceptors (Lipinski definition) is 3. The summed E-state index contributed by atoms with van der Waals surface area (Å²) in [5.74, 6) is -0.272. The first-order valence-electron chi connectivity index (χ1n) is 6.88. The standard InChI is InChI=1S/C15H22N2O2/c1-10(2)7-8-17(12-4-5-12)14-9-11(15(18)19)3-6-13(14)16/h3,6,9-10,12H,4-5,7-8,16H2,1-2H3,(H,18,19). The van der Waals surface area contributed by atoms with E-state index < -0.39 is 5.97 Å². The summed E-state index contributed by atoms with van der Waals surface area (Å²) in [6.07, 6.45) is 3.44. The monoisotopic (exact) mass is 262 g/mol. The molecule has 1 aliphatic rings. The lowest BCUT2D eigenvalue weighted by atomic mass is 10.1. The number of anilines is 2. The van der Waals surface area contributed by atoms with Crippen molar-refractivity contribution >= 4 is 17.3 Å². The molecule has 1 saturated carbocycles. The van der Waals surface area contributed by atoms with Gasteiger partial charge in [-0.2, -0.15) is 0 Å². The van der Waals surface area contributed by atoms with Gasteiger partial charge in [0, 0.05) is 12.6 Å². The average molecular weight is 262 g/mol. The summed E-state index contributed by atoms with van der Waals surface area (Å²) in [4.78, 5) is 13.4. The maximum atomic E-state index is 11.1. The van der Waals surface area contributed by atoms with E-state index in [1.54, 1.807) is 18.2 Å². The van der Waals surface area contributed by atoms with Crippen LogP contribution in [-0.2, 0) is 0 Å². The van der Waals surface area contributed by atoms with Crippen LogP contribution in [0.2, 0.25) is 0 Å². The molecule has 1 fully saturated rings. The Morgan fingerprint density at radius 3 is 2.68 bits per heavy atom. The Bertz CT molecular complexity index is 467. The van der Waals surface area contributed by atoms with Crippen LogP contribution in [0.15, 0.2) is 18.2 Å². The van der Waals surface area contributed by atoms with Crippen molar-refractivity contribution < 1.29 is 9.90 Å². The summed E-state index contributed by atoms with van der Waals surface area (Å²) < 4.78 is 0. The minimum Gasteiger partial charge on any atom is -0.478 e. The van der Waals surface area contributed by atoms with Gasteiger partial charge in [0.1, 0.15) is 0 Å². The van der Waals surface area contributed by atoms with Gasteiger partial charge >= 0.3 is 5.97 Å². The molecule has 0 amide bonds. The number of carboxylic acid groups (broad SMARTS) is 1. The van der Waals surface area contributed by atoms with Crippen LogP contribution in [0.5, 0.6) is 0 Å². The number of carboxylic acids is 1. The topological polar surface area (TPSA) is 66.6 Å². The molecule has 1 aliphatic carbocycles. The molecule has 0 saturated heterocycles. The summed E-state index contributed by atoms with van der Waals surface area (Å²) >= 11 is 0. The second-order valence-corrected chi connectivity index (χ2v) is 5.69. The number of rotatable bonds is 6. The van der Waals surface area contributed by atoms with Crippen LogP contribution in [0, 0.1) is 5.92 Å². The summed E-state index contributed by atoms with van der Waals surface area (Å²) in [6, 6.07) is 5.50. The van der Waals surface area contributed by atoms with E-state index in [2.05, 4.69) is 18.7 Å². The zero-order valence-corrected chi connectivity index (χ0v) is 11.6. The second kappa shape index (κ2) is 5.51. The van der Waals surface area contributed by atoms with Crippen molar-refractivity contribution in [3.63, 3.8) is 0 Å². The van der Waals surface area contributed by atoms with Crippen LogP contribution in [0.3, 0.4) is 0 Å². The van der Waals surface area contributed by atoms with Crippen molar-refractivity contribution in [2.75, 3.05) is 17.2 Å². The zero-order chi connectivity index (χ0) is 14.0. The molecule has 1 aromatic rings. The van der Waals surface area contributed by atoms with Gasteiger partial charge in [-0.15, -0.1) is 0 Å². The van der Waals surface area contributed by atoms with Gasteiger partial charge in [0.25, 0.3) is 0 Å². The van der Waals surface area contributed by atoms with Gasteiger partial charge in [-0.05, 0) is 43.4 Å². The first-order chi connectivity index (χ1) is 8.99. The van der Waals surface area contributed by atoms with Gasteiger partial charge in [0.05, 0.1) is 16.9 Å². The predicted molar refractivity (Wildman–Crippen MR) is 77.6 cm³/mol. The van der Waals surface area contributed by atoms with E-state index in [0.29, 0.717) is 23.2 Å². The lowest BCUT2D eigenvalue weighted by Crippen LogP contribution is -2.28. The Labute approximate surface area is 114 Å². The van der Waals surface area contributed by atoms with Crippen LogP contribution >= 0.6 is 0 Å². The third-order valence-electron chi connectivity index (χ3n) is 3.52. The highest BCUT2D eigenvalue weighted by Gasteiger charge is 2.30. The lowest BCUT2D eigenvalue weighted by Gasteiger charge is -2.27. The molecule has 0 bridgehead atoms. The minimum absolute atomic E-state index is 0.305. The SMILES string of the molecule is CC(C)CCN(c1cc(C(=O)O)ccc1N)C1CC1. The number of aromatic carboxylic acids is 1.